The van der Waals surface area contributed by atoms with Gasteiger partial charge in [0.2, 0.25) is 0 Å². The molecular weight excluding hydrogens is 352 g/mol. The van der Waals surface area contributed by atoms with Crippen LogP contribution in [0.25, 0.3) is 0 Å². The summed E-state index contributed by atoms with van der Waals surface area (Å²) in [6, 6.07) is 7.54. The fourth-order valence-corrected chi connectivity index (χ4v) is 2.69. The van der Waals surface area contributed by atoms with Gasteiger partial charge < -0.3 is 15.8 Å². The largest absolute Gasteiger partial charge is 0.464 e. The highest BCUT2D eigenvalue weighted by Gasteiger charge is 2.21. The van der Waals surface area contributed by atoms with Gasteiger partial charge >= 0.3 is 5.97 Å². The molecule has 144 valence electrons. The Morgan fingerprint density at radius 2 is 2.08 bits per heavy atom. The molecule has 0 aliphatic rings. The topological polar surface area (TPSA) is 93.0 Å². The highest BCUT2D eigenvalue weighted by molar-refractivity contribution is 6.31. The van der Waals surface area contributed by atoms with Gasteiger partial charge in [0.25, 0.3) is 0 Å². The molecule has 0 saturated heterocycles. The minimum absolute atomic E-state index is 0.0291. The number of ether oxygens (including phenoxy) is 1. The third kappa shape index (κ3) is 6.04. The molecule has 26 heavy (non-hydrogen) atoms. The van der Waals surface area contributed by atoms with Crippen molar-refractivity contribution in [3.63, 3.8) is 0 Å². The summed E-state index contributed by atoms with van der Waals surface area (Å²) in [4.78, 5) is 12.0. The molecule has 2 aromatic rings. The summed E-state index contributed by atoms with van der Waals surface area (Å²) in [5.41, 5.74) is 7.99. The van der Waals surface area contributed by atoms with E-state index in [-0.39, 0.29) is 6.04 Å². The maximum atomic E-state index is 12.0. The fraction of sp³-hybridized carbons (Fsp3) is 0.474. The number of halogens is 1. The standard InChI is InChI=1S/C17H23ClN4O2.C2H6/c1-3-6-12(19)10-20-16-13(15(21-22-16)17(23)24-2)9-11-7-4-5-8-14(11)18;1-2/h4-5,7-8,12H,3,6,9-10,19H2,1-2H3,(H2,20,21,22);1-2H3/t12-;/m1./s1. The number of hydrogen-bond acceptors (Lipinski definition) is 5. The monoisotopic (exact) mass is 380 g/mol. The van der Waals surface area contributed by atoms with Crippen molar-refractivity contribution in [1.82, 2.24) is 10.2 Å². The molecule has 1 atom stereocenters. The van der Waals surface area contributed by atoms with Gasteiger partial charge in [0.15, 0.2) is 5.82 Å². The van der Waals surface area contributed by atoms with Crippen molar-refractivity contribution in [3.05, 3.63) is 46.1 Å². The van der Waals surface area contributed by atoms with Gasteiger partial charge in [-0.3, -0.25) is 5.10 Å². The van der Waals surface area contributed by atoms with E-state index in [1.54, 1.807) is 0 Å². The van der Waals surface area contributed by atoms with Gasteiger partial charge in [-0.15, -0.1) is 0 Å². The lowest BCUT2D eigenvalue weighted by Gasteiger charge is -2.13. The molecule has 1 heterocycles. The zero-order chi connectivity index (χ0) is 19.5. The summed E-state index contributed by atoms with van der Waals surface area (Å²) in [7, 11) is 1.34. The fourth-order valence-electron chi connectivity index (χ4n) is 2.49. The van der Waals surface area contributed by atoms with E-state index in [1.807, 2.05) is 38.1 Å². The number of hydrogen-bond donors (Lipinski definition) is 3. The number of rotatable bonds is 8. The molecule has 0 saturated carbocycles. The Hall–Kier alpha value is -2.05. The van der Waals surface area contributed by atoms with Crippen LogP contribution < -0.4 is 11.1 Å². The van der Waals surface area contributed by atoms with Crippen molar-refractivity contribution in [2.45, 2.75) is 46.1 Å². The molecule has 0 aliphatic heterocycles. The lowest BCUT2D eigenvalue weighted by Crippen LogP contribution is -2.29. The van der Waals surface area contributed by atoms with Crippen LogP contribution in [0.15, 0.2) is 24.3 Å². The number of anilines is 1. The number of nitrogens with two attached hydrogens (primary N) is 1. The Balaban J connectivity index is 0.00000163. The summed E-state index contributed by atoms with van der Waals surface area (Å²) in [5.74, 6) is 0.136. The van der Waals surface area contributed by atoms with Crippen molar-refractivity contribution in [3.8, 4) is 0 Å². The van der Waals surface area contributed by atoms with Crippen LogP contribution in [0.3, 0.4) is 0 Å². The molecule has 6 nitrogen and oxygen atoms in total. The second-order valence-corrected chi connectivity index (χ2v) is 6.02. The van der Waals surface area contributed by atoms with Gasteiger partial charge in [0.05, 0.1) is 7.11 Å². The molecular formula is C19H29ClN4O2. The predicted molar refractivity (Wildman–Crippen MR) is 107 cm³/mol. The summed E-state index contributed by atoms with van der Waals surface area (Å²) in [6.45, 7) is 6.67. The van der Waals surface area contributed by atoms with Crippen molar-refractivity contribution in [2.24, 2.45) is 5.73 Å². The summed E-state index contributed by atoms with van der Waals surface area (Å²) >= 11 is 6.24. The summed E-state index contributed by atoms with van der Waals surface area (Å²) < 4.78 is 4.83. The quantitative estimate of drug-likeness (QED) is 0.602. The van der Waals surface area contributed by atoms with E-state index >= 15 is 0 Å². The van der Waals surface area contributed by atoms with E-state index in [4.69, 9.17) is 22.1 Å². The number of aromatic nitrogens is 2. The zero-order valence-electron chi connectivity index (χ0n) is 15.9. The number of nitrogens with one attached hydrogen (secondary N) is 2. The van der Waals surface area contributed by atoms with Gasteiger partial charge in [-0.1, -0.05) is 57.0 Å². The van der Waals surface area contributed by atoms with E-state index in [2.05, 4.69) is 22.4 Å². The third-order valence-corrected chi connectivity index (χ3v) is 4.14. The van der Waals surface area contributed by atoms with Gasteiger partial charge in [-0.2, -0.15) is 5.10 Å². The average molecular weight is 381 g/mol. The molecule has 1 aromatic carbocycles. The first kappa shape index (κ1) is 22.0. The van der Waals surface area contributed by atoms with Crippen molar-refractivity contribution in [1.29, 1.82) is 0 Å². The van der Waals surface area contributed by atoms with Crippen molar-refractivity contribution < 1.29 is 9.53 Å². The summed E-state index contributed by atoms with van der Waals surface area (Å²) in [6.07, 6.45) is 2.40. The van der Waals surface area contributed by atoms with Crippen LogP contribution in [0.4, 0.5) is 5.82 Å². The van der Waals surface area contributed by atoms with E-state index in [0.29, 0.717) is 29.5 Å². The van der Waals surface area contributed by atoms with Crippen LogP contribution in [-0.2, 0) is 11.2 Å². The smallest absolute Gasteiger partial charge is 0.356 e. The Labute approximate surface area is 160 Å². The first-order valence-corrected chi connectivity index (χ1v) is 9.33. The van der Waals surface area contributed by atoms with Crippen molar-refractivity contribution >= 4 is 23.4 Å². The molecule has 7 heteroatoms. The minimum Gasteiger partial charge on any atom is -0.464 e. The number of carbonyl (C=O) groups excluding carboxylic acids is 1. The zero-order valence-corrected chi connectivity index (χ0v) is 16.7. The Morgan fingerprint density at radius 3 is 2.69 bits per heavy atom. The Bertz CT molecular complexity index is 688. The highest BCUT2D eigenvalue weighted by Crippen LogP contribution is 2.25. The van der Waals surface area contributed by atoms with E-state index in [0.717, 1.165) is 24.0 Å². The molecule has 0 bridgehead atoms. The Kier molecular flexibility index (Phi) is 9.76. The minimum atomic E-state index is -0.463. The first-order chi connectivity index (χ1) is 12.6. The molecule has 0 fully saturated rings. The number of benzene rings is 1. The van der Waals surface area contributed by atoms with E-state index in [1.165, 1.54) is 7.11 Å². The molecule has 2 rings (SSSR count). The molecule has 0 unspecified atom stereocenters. The second kappa shape index (κ2) is 11.5. The van der Waals surface area contributed by atoms with Gasteiger partial charge in [0, 0.05) is 29.6 Å². The summed E-state index contributed by atoms with van der Waals surface area (Å²) in [5, 5.41) is 10.8. The van der Waals surface area contributed by atoms with Crippen LogP contribution in [0.5, 0.6) is 0 Å². The number of aromatic amines is 1. The lowest BCUT2D eigenvalue weighted by atomic mass is 10.0. The van der Waals surface area contributed by atoms with Gasteiger partial charge in [0.1, 0.15) is 5.69 Å². The predicted octanol–water partition coefficient (Wildman–Crippen LogP) is 4.01. The van der Waals surface area contributed by atoms with Crippen LogP contribution in [0.2, 0.25) is 5.02 Å². The normalized spacial score (nSPS) is 11.3. The van der Waals surface area contributed by atoms with Gasteiger partial charge in [-0.25, -0.2) is 4.79 Å². The van der Waals surface area contributed by atoms with Crippen molar-refractivity contribution in [2.75, 3.05) is 19.0 Å². The first-order valence-electron chi connectivity index (χ1n) is 8.95. The van der Waals surface area contributed by atoms with Gasteiger partial charge in [-0.05, 0) is 18.1 Å². The SMILES string of the molecule is CC.CCC[C@@H](N)CNc1n[nH]c(C(=O)OC)c1Cc1ccccc1Cl. The molecule has 4 N–H and O–H groups in total. The number of esters is 1. The van der Waals surface area contributed by atoms with Crippen LogP contribution in [0.1, 0.15) is 55.2 Å². The maximum Gasteiger partial charge on any atom is 0.356 e. The number of H-pyrrole nitrogens is 1. The number of carbonyl (C=O) groups is 1. The molecule has 0 radical (unpaired) electrons. The molecule has 0 aliphatic carbocycles. The van der Waals surface area contributed by atoms with Crippen LogP contribution >= 0.6 is 11.6 Å². The average Bonchev–Trinajstić information content (AvgIpc) is 3.06. The molecule has 0 spiro atoms. The van der Waals surface area contributed by atoms with E-state index in [9.17, 15) is 4.79 Å². The number of methoxy groups -OCH3 is 1. The number of nitrogens with zero attached hydrogens (tertiary/aromatic N) is 1. The Morgan fingerprint density at radius 1 is 1.38 bits per heavy atom. The maximum absolute atomic E-state index is 12.0. The molecule has 0 amide bonds. The lowest BCUT2D eigenvalue weighted by molar-refractivity contribution is 0.0593. The molecule has 1 aromatic heterocycles. The second-order valence-electron chi connectivity index (χ2n) is 5.62. The highest BCUT2D eigenvalue weighted by atomic mass is 35.5. The third-order valence-electron chi connectivity index (χ3n) is 3.77. The van der Waals surface area contributed by atoms with Crippen LogP contribution in [0, 0.1) is 0 Å². The van der Waals surface area contributed by atoms with E-state index < -0.39 is 5.97 Å². The van der Waals surface area contributed by atoms with Crippen LogP contribution in [-0.4, -0.2) is 35.9 Å².